The van der Waals surface area contributed by atoms with Crippen LogP contribution in [0.3, 0.4) is 0 Å². The second-order valence-corrected chi connectivity index (χ2v) is 5.09. The normalized spacial score (nSPS) is 11.1. The van der Waals surface area contributed by atoms with Crippen molar-refractivity contribution in [2.45, 2.75) is 26.7 Å². The molecule has 0 aromatic heterocycles. The molecule has 0 fully saturated rings. The predicted octanol–water partition coefficient (Wildman–Crippen LogP) is 2.60. The monoisotopic (exact) mass is 308 g/mol. The first-order valence-corrected chi connectivity index (χ1v) is 7.98. The van der Waals surface area contributed by atoms with Crippen LogP contribution in [0.4, 0.5) is 11.4 Å². The number of nitrogens with zero attached hydrogens (tertiary/aromatic N) is 4. The zero-order valence-electron chi connectivity index (χ0n) is 13.6. The first kappa shape index (κ1) is 18.4. The Morgan fingerprint density at radius 1 is 0.864 bits per heavy atom. The fraction of sp³-hybridized carbons (Fsp3) is 0.625. The fourth-order valence-electron chi connectivity index (χ4n) is 2.19. The lowest BCUT2D eigenvalue weighted by Crippen LogP contribution is -2.24. The minimum atomic E-state index is -0.0129. The first-order chi connectivity index (χ1) is 10.7. The van der Waals surface area contributed by atoms with Gasteiger partial charge >= 0.3 is 0 Å². The summed E-state index contributed by atoms with van der Waals surface area (Å²) in [4.78, 5) is 2.37. The minimum Gasteiger partial charge on any atom is -0.394 e. The zero-order valence-corrected chi connectivity index (χ0v) is 13.6. The van der Waals surface area contributed by atoms with Crippen molar-refractivity contribution in [3.63, 3.8) is 0 Å². The molecule has 0 atom stereocenters. The van der Waals surface area contributed by atoms with Gasteiger partial charge in [0.15, 0.2) is 0 Å². The summed E-state index contributed by atoms with van der Waals surface area (Å²) < 4.78 is 0. The number of aliphatic hydroxyl groups excluding tert-OH is 2. The summed E-state index contributed by atoms with van der Waals surface area (Å²) in [7, 11) is 0. The Hall–Kier alpha value is -1.66. The molecule has 0 amide bonds. The molecule has 0 bridgehead atoms. The molecule has 0 aliphatic heterocycles. The molecule has 1 rings (SSSR count). The molecular weight excluding hydrogens is 280 g/mol. The Balaban J connectivity index is 2.70. The second-order valence-electron chi connectivity index (χ2n) is 5.09. The molecule has 0 aliphatic rings. The van der Waals surface area contributed by atoms with Crippen molar-refractivity contribution in [2.75, 3.05) is 44.3 Å². The minimum absolute atomic E-state index is 0.0129. The van der Waals surface area contributed by atoms with Crippen molar-refractivity contribution in [1.29, 1.82) is 0 Å². The molecule has 0 aliphatic carbocycles. The van der Waals surface area contributed by atoms with E-state index >= 15 is 0 Å². The average Bonchev–Trinajstić information content (AvgIpc) is 2.53. The molecule has 1 aromatic carbocycles. The van der Waals surface area contributed by atoms with E-state index in [0.29, 0.717) is 13.1 Å². The molecule has 0 unspecified atom stereocenters. The third-order valence-corrected chi connectivity index (χ3v) is 3.20. The van der Waals surface area contributed by atoms with E-state index in [-0.39, 0.29) is 13.2 Å². The highest BCUT2D eigenvalue weighted by Crippen LogP contribution is 2.20. The maximum absolute atomic E-state index is 8.93. The van der Waals surface area contributed by atoms with Crippen LogP contribution in [0.25, 0.3) is 0 Å². The Bertz CT molecular complexity index is 411. The molecule has 124 valence electrons. The van der Waals surface area contributed by atoms with Crippen LogP contribution in [0.1, 0.15) is 26.7 Å². The van der Waals surface area contributed by atoms with Gasteiger partial charge in [-0.05, 0) is 37.1 Å². The van der Waals surface area contributed by atoms with Gasteiger partial charge < -0.3 is 15.1 Å². The van der Waals surface area contributed by atoms with Crippen LogP contribution in [0, 0.1) is 0 Å². The standard InChI is InChI=1S/C16H28N4O2/c1-3-9-19(10-4-2)16-7-5-15(6-8-16)17-18-20(11-13-21)12-14-22/h5-8,21-22H,3-4,9-14H2,1-2H3. The van der Waals surface area contributed by atoms with Gasteiger partial charge in [0.05, 0.1) is 32.0 Å². The number of anilines is 1. The van der Waals surface area contributed by atoms with E-state index in [1.54, 1.807) is 5.01 Å². The Labute approximate surface area is 133 Å². The summed E-state index contributed by atoms with van der Waals surface area (Å²) in [5.74, 6) is 0. The lowest BCUT2D eigenvalue weighted by Gasteiger charge is -2.23. The SMILES string of the molecule is CCCN(CCC)c1ccc(N=NN(CCO)CCO)cc1. The van der Waals surface area contributed by atoms with Crippen LogP contribution < -0.4 is 4.90 Å². The van der Waals surface area contributed by atoms with Crippen LogP contribution >= 0.6 is 0 Å². The van der Waals surface area contributed by atoms with E-state index in [1.165, 1.54) is 5.69 Å². The lowest BCUT2D eigenvalue weighted by molar-refractivity contribution is 0.158. The van der Waals surface area contributed by atoms with Crippen molar-refractivity contribution in [2.24, 2.45) is 10.3 Å². The van der Waals surface area contributed by atoms with Crippen molar-refractivity contribution < 1.29 is 10.2 Å². The fourth-order valence-corrected chi connectivity index (χ4v) is 2.19. The molecule has 22 heavy (non-hydrogen) atoms. The molecule has 0 saturated carbocycles. The number of aliphatic hydroxyl groups is 2. The van der Waals surface area contributed by atoms with Crippen molar-refractivity contribution in [3.05, 3.63) is 24.3 Å². The quantitative estimate of drug-likeness (QED) is 0.487. The van der Waals surface area contributed by atoms with Crippen LogP contribution in [0.5, 0.6) is 0 Å². The predicted molar refractivity (Wildman–Crippen MR) is 89.5 cm³/mol. The van der Waals surface area contributed by atoms with E-state index in [2.05, 4.69) is 41.2 Å². The third kappa shape index (κ3) is 6.41. The maximum atomic E-state index is 8.93. The zero-order chi connectivity index (χ0) is 16.2. The van der Waals surface area contributed by atoms with Gasteiger partial charge in [-0.2, -0.15) is 0 Å². The van der Waals surface area contributed by atoms with Gasteiger partial charge in [-0.25, -0.2) is 0 Å². The van der Waals surface area contributed by atoms with Crippen LogP contribution in [-0.4, -0.2) is 54.6 Å². The maximum Gasteiger partial charge on any atom is 0.0875 e. The van der Waals surface area contributed by atoms with Crippen molar-refractivity contribution in [3.8, 4) is 0 Å². The second kappa shape index (κ2) is 11.0. The summed E-state index contributed by atoms with van der Waals surface area (Å²) in [5.41, 5.74) is 1.96. The Morgan fingerprint density at radius 3 is 1.86 bits per heavy atom. The number of hydrogen-bond donors (Lipinski definition) is 2. The summed E-state index contributed by atoms with van der Waals surface area (Å²) >= 11 is 0. The summed E-state index contributed by atoms with van der Waals surface area (Å²) in [6, 6.07) is 7.99. The van der Waals surface area contributed by atoms with Gasteiger partial charge in [-0.1, -0.05) is 19.1 Å². The molecule has 2 N–H and O–H groups in total. The molecule has 1 aromatic rings. The highest BCUT2D eigenvalue weighted by Gasteiger charge is 2.04. The molecule has 0 heterocycles. The topological polar surface area (TPSA) is 71.7 Å². The van der Waals surface area contributed by atoms with E-state index in [1.807, 2.05) is 12.1 Å². The van der Waals surface area contributed by atoms with Gasteiger partial charge in [-0.3, -0.25) is 5.01 Å². The number of benzene rings is 1. The highest BCUT2D eigenvalue weighted by atomic mass is 16.3. The summed E-state index contributed by atoms with van der Waals surface area (Å²) in [6.07, 6.45) is 2.25. The Morgan fingerprint density at radius 2 is 1.41 bits per heavy atom. The third-order valence-electron chi connectivity index (χ3n) is 3.20. The van der Waals surface area contributed by atoms with Gasteiger partial charge in [0, 0.05) is 18.8 Å². The van der Waals surface area contributed by atoms with Gasteiger partial charge in [0.25, 0.3) is 0 Å². The number of hydrogen-bond acceptors (Lipinski definition) is 5. The molecular formula is C16H28N4O2. The molecule has 0 spiro atoms. The molecule has 0 radical (unpaired) electrons. The lowest BCUT2D eigenvalue weighted by atomic mass is 10.2. The number of rotatable bonds is 11. The van der Waals surface area contributed by atoms with E-state index in [0.717, 1.165) is 31.6 Å². The van der Waals surface area contributed by atoms with Crippen molar-refractivity contribution >= 4 is 11.4 Å². The van der Waals surface area contributed by atoms with E-state index in [9.17, 15) is 0 Å². The van der Waals surface area contributed by atoms with Crippen molar-refractivity contribution in [1.82, 2.24) is 5.01 Å². The largest absolute Gasteiger partial charge is 0.394 e. The van der Waals surface area contributed by atoms with Crippen LogP contribution in [-0.2, 0) is 0 Å². The van der Waals surface area contributed by atoms with E-state index < -0.39 is 0 Å². The van der Waals surface area contributed by atoms with Gasteiger partial charge in [0.2, 0.25) is 0 Å². The molecule has 6 nitrogen and oxygen atoms in total. The summed E-state index contributed by atoms with van der Waals surface area (Å²) in [6.45, 7) is 7.17. The van der Waals surface area contributed by atoms with Gasteiger partial charge in [-0.15, -0.1) is 5.11 Å². The average molecular weight is 308 g/mol. The molecule has 0 saturated heterocycles. The summed E-state index contributed by atoms with van der Waals surface area (Å²) in [5, 5.41) is 27.6. The van der Waals surface area contributed by atoms with Gasteiger partial charge in [0.1, 0.15) is 0 Å². The van der Waals surface area contributed by atoms with Crippen LogP contribution in [0.2, 0.25) is 0 Å². The highest BCUT2D eigenvalue weighted by molar-refractivity contribution is 5.52. The molecule has 6 heteroatoms. The Kier molecular flexibility index (Phi) is 9.18. The first-order valence-electron chi connectivity index (χ1n) is 7.98. The smallest absolute Gasteiger partial charge is 0.0875 e. The van der Waals surface area contributed by atoms with Crippen LogP contribution in [0.15, 0.2) is 34.6 Å². The van der Waals surface area contributed by atoms with E-state index in [4.69, 9.17) is 10.2 Å².